The van der Waals surface area contributed by atoms with Crippen LogP contribution < -0.4 is 10.6 Å². The number of nitrogens with zero attached hydrogens (tertiary/aromatic N) is 3. The molecule has 0 saturated heterocycles. The molecule has 0 spiro atoms. The summed E-state index contributed by atoms with van der Waals surface area (Å²) >= 11 is 0. The number of anilines is 3. The second-order valence-corrected chi connectivity index (χ2v) is 5.94. The van der Waals surface area contributed by atoms with Gasteiger partial charge in [-0.2, -0.15) is 0 Å². The van der Waals surface area contributed by atoms with E-state index in [-0.39, 0.29) is 11.6 Å². The highest BCUT2D eigenvalue weighted by atomic mass is 16.5. The Morgan fingerprint density at radius 1 is 1.08 bits per heavy atom. The third-order valence-electron chi connectivity index (χ3n) is 3.67. The lowest BCUT2D eigenvalue weighted by Crippen LogP contribution is -2.15. The predicted molar refractivity (Wildman–Crippen MR) is 95.2 cm³/mol. The lowest BCUT2D eigenvalue weighted by atomic mass is 10.1. The largest absolute Gasteiger partial charge is 0.360 e. The number of hydrogen-bond acceptors (Lipinski definition) is 6. The van der Waals surface area contributed by atoms with Crippen molar-refractivity contribution in [3.63, 3.8) is 0 Å². The fourth-order valence-electron chi connectivity index (χ4n) is 2.64. The molecule has 128 valence electrons. The van der Waals surface area contributed by atoms with Gasteiger partial charge in [-0.15, -0.1) is 0 Å². The van der Waals surface area contributed by atoms with Crippen LogP contribution in [-0.4, -0.2) is 21.0 Å². The van der Waals surface area contributed by atoms with Crippen molar-refractivity contribution in [3.8, 4) is 0 Å². The molecule has 0 radical (unpaired) electrons. The number of amides is 1. The number of aromatic nitrogens is 3. The van der Waals surface area contributed by atoms with E-state index in [1.807, 2.05) is 13.8 Å². The van der Waals surface area contributed by atoms with Crippen LogP contribution in [0.2, 0.25) is 0 Å². The standard InChI is InChI=1S/C18H19N5O2/c1-10-7-11(2)16(12(3)8-10)22-18-19-6-5-14(20-18)17(24)21-15-9-13(4)25-23-15/h5-9H,1-4H3,(H,19,20,22)(H,21,23,24). The highest BCUT2D eigenvalue weighted by Gasteiger charge is 2.12. The lowest BCUT2D eigenvalue weighted by Gasteiger charge is -2.13. The van der Waals surface area contributed by atoms with Crippen molar-refractivity contribution in [3.05, 3.63) is 58.6 Å². The molecule has 0 aliphatic rings. The van der Waals surface area contributed by atoms with Gasteiger partial charge < -0.3 is 15.2 Å². The third-order valence-corrected chi connectivity index (χ3v) is 3.67. The monoisotopic (exact) mass is 337 g/mol. The third kappa shape index (κ3) is 3.82. The van der Waals surface area contributed by atoms with Gasteiger partial charge in [-0.1, -0.05) is 22.9 Å². The number of carbonyl (C=O) groups is 1. The van der Waals surface area contributed by atoms with Crippen LogP contribution in [0.5, 0.6) is 0 Å². The molecule has 3 rings (SSSR count). The molecule has 0 aliphatic heterocycles. The first kappa shape index (κ1) is 16.6. The normalized spacial score (nSPS) is 10.6. The summed E-state index contributed by atoms with van der Waals surface area (Å²) in [5, 5.41) is 9.57. The van der Waals surface area contributed by atoms with Crippen molar-refractivity contribution in [2.45, 2.75) is 27.7 Å². The first-order valence-corrected chi connectivity index (χ1v) is 7.85. The smallest absolute Gasteiger partial charge is 0.275 e. The first-order chi connectivity index (χ1) is 11.9. The summed E-state index contributed by atoms with van der Waals surface area (Å²) in [6, 6.07) is 7.34. The Hall–Kier alpha value is -3.22. The van der Waals surface area contributed by atoms with Crippen molar-refractivity contribution in [2.24, 2.45) is 0 Å². The number of benzene rings is 1. The number of aryl methyl sites for hydroxylation is 4. The summed E-state index contributed by atoms with van der Waals surface area (Å²) in [5.74, 6) is 0.946. The molecular weight excluding hydrogens is 318 g/mol. The molecule has 0 atom stereocenters. The Bertz CT molecular complexity index is 910. The Kier molecular flexibility index (Phi) is 4.47. The van der Waals surface area contributed by atoms with Gasteiger partial charge in [0.05, 0.1) is 0 Å². The summed E-state index contributed by atoms with van der Waals surface area (Å²) in [4.78, 5) is 20.8. The van der Waals surface area contributed by atoms with Gasteiger partial charge in [0.1, 0.15) is 11.5 Å². The van der Waals surface area contributed by atoms with E-state index in [1.54, 1.807) is 19.1 Å². The van der Waals surface area contributed by atoms with Gasteiger partial charge in [-0.25, -0.2) is 9.97 Å². The van der Waals surface area contributed by atoms with Crippen molar-refractivity contribution >= 4 is 23.4 Å². The van der Waals surface area contributed by atoms with E-state index < -0.39 is 0 Å². The van der Waals surface area contributed by atoms with Crippen molar-refractivity contribution in [1.82, 2.24) is 15.1 Å². The summed E-state index contributed by atoms with van der Waals surface area (Å²) in [6.07, 6.45) is 1.54. The van der Waals surface area contributed by atoms with Gasteiger partial charge in [-0.3, -0.25) is 4.79 Å². The van der Waals surface area contributed by atoms with Gasteiger partial charge in [0, 0.05) is 18.0 Å². The summed E-state index contributed by atoms with van der Waals surface area (Å²) < 4.78 is 4.93. The maximum Gasteiger partial charge on any atom is 0.275 e. The van der Waals surface area contributed by atoms with Crippen molar-refractivity contribution < 1.29 is 9.32 Å². The van der Waals surface area contributed by atoms with E-state index in [0.717, 1.165) is 16.8 Å². The van der Waals surface area contributed by atoms with E-state index in [1.165, 1.54) is 11.8 Å². The number of hydrogen-bond donors (Lipinski definition) is 2. The topological polar surface area (TPSA) is 92.9 Å². The van der Waals surface area contributed by atoms with E-state index in [9.17, 15) is 4.79 Å². The van der Waals surface area contributed by atoms with Gasteiger partial charge >= 0.3 is 0 Å². The summed E-state index contributed by atoms with van der Waals surface area (Å²) in [6.45, 7) is 7.84. The molecule has 2 heterocycles. The van der Waals surface area contributed by atoms with E-state index >= 15 is 0 Å². The zero-order valence-corrected chi connectivity index (χ0v) is 14.5. The van der Waals surface area contributed by atoms with E-state index in [4.69, 9.17) is 4.52 Å². The highest BCUT2D eigenvalue weighted by molar-refractivity contribution is 6.02. The van der Waals surface area contributed by atoms with E-state index in [0.29, 0.717) is 17.5 Å². The zero-order valence-electron chi connectivity index (χ0n) is 14.5. The molecule has 0 saturated carbocycles. The molecule has 7 nitrogen and oxygen atoms in total. The quantitative estimate of drug-likeness (QED) is 0.754. The van der Waals surface area contributed by atoms with Gasteiger partial charge in [0.2, 0.25) is 5.95 Å². The van der Waals surface area contributed by atoms with Crippen molar-refractivity contribution in [1.29, 1.82) is 0 Å². The molecule has 3 aromatic rings. The molecule has 25 heavy (non-hydrogen) atoms. The fraction of sp³-hybridized carbons (Fsp3) is 0.222. The average Bonchev–Trinajstić information content (AvgIpc) is 2.96. The SMILES string of the molecule is Cc1cc(C)c(Nc2nccc(C(=O)Nc3cc(C)on3)n2)c(C)c1. The van der Waals surface area contributed by atoms with Gasteiger partial charge in [0.15, 0.2) is 5.82 Å². The Labute approximate surface area is 145 Å². The van der Waals surface area contributed by atoms with Crippen molar-refractivity contribution in [2.75, 3.05) is 10.6 Å². The van der Waals surface area contributed by atoms with Crippen LogP contribution in [0.15, 0.2) is 35.0 Å². The molecule has 2 N–H and O–H groups in total. The maximum atomic E-state index is 12.3. The second kappa shape index (κ2) is 6.72. The Morgan fingerprint density at radius 3 is 2.44 bits per heavy atom. The first-order valence-electron chi connectivity index (χ1n) is 7.85. The second-order valence-electron chi connectivity index (χ2n) is 5.94. The molecule has 7 heteroatoms. The molecule has 1 aromatic carbocycles. The van der Waals surface area contributed by atoms with Crippen LogP contribution in [-0.2, 0) is 0 Å². The molecule has 2 aromatic heterocycles. The number of carbonyl (C=O) groups excluding carboxylic acids is 1. The maximum absolute atomic E-state index is 12.3. The molecule has 0 bridgehead atoms. The number of rotatable bonds is 4. The van der Waals surface area contributed by atoms with Gasteiger partial charge in [-0.05, 0) is 44.9 Å². The van der Waals surface area contributed by atoms with Crippen LogP contribution >= 0.6 is 0 Å². The zero-order chi connectivity index (χ0) is 18.0. The summed E-state index contributed by atoms with van der Waals surface area (Å²) in [7, 11) is 0. The Morgan fingerprint density at radius 2 is 1.80 bits per heavy atom. The Balaban J connectivity index is 1.81. The molecule has 1 amide bonds. The molecule has 0 unspecified atom stereocenters. The molecule has 0 fully saturated rings. The fourth-order valence-corrected chi connectivity index (χ4v) is 2.64. The minimum atomic E-state index is -0.379. The van der Waals surface area contributed by atoms with E-state index in [2.05, 4.69) is 44.8 Å². The van der Waals surface area contributed by atoms with Crippen LogP contribution in [0.4, 0.5) is 17.5 Å². The minimum absolute atomic E-state index is 0.237. The highest BCUT2D eigenvalue weighted by Crippen LogP contribution is 2.24. The number of nitrogens with one attached hydrogen (secondary N) is 2. The molecular formula is C18H19N5O2. The van der Waals surface area contributed by atoms with Crippen LogP contribution in [0, 0.1) is 27.7 Å². The average molecular weight is 337 g/mol. The van der Waals surface area contributed by atoms with Crippen LogP contribution in [0.3, 0.4) is 0 Å². The van der Waals surface area contributed by atoms with Crippen LogP contribution in [0.1, 0.15) is 32.9 Å². The van der Waals surface area contributed by atoms with Gasteiger partial charge in [0.25, 0.3) is 5.91 Å². The predicted octanol–water partition coefficient (Wildman–Crippen LogP) is 3.69. The lowest BCUT2D eigenvalue weighted by molar-refractivity contribution is 0.102. The molecule has 0 aliphatic carbocycles. The minimum Gasteiger partial charge on any atom is -0.360 e. The summed E-state index contributed by atoms with van der Waals surface area (Å²) in [5.41, 5.74) is 4.55. The van der Waals surface area contributed by atoms with Crippen LogP contribution in [0.25, 0.3) is 0 Å².